The van der Waals surface area contributed by atoms with Crippen LogP contribution in [0, 0.1) is 0 Å². The molecule has 4 aliphatic heterocycles. The molecule has 0 saturated heterocycles. The van der Waals surface area contributed by atoms with Crippen molar-refractivity contribution in [3.05, 3.63) is 59.4 Å². The van der Waals surface area contributed by atoms with Crippen molar-refractivity contribution < 1.29 is 4.42 Å². The molecule has 0 radical (unpaired) electrons. The summed E-state index contributed by atoms with van der Waals surface area (Å²) in [6.45, 7) is 1.93. The number of nitrogens with one attached hydrogen (secondary N) is 1. The lowest BCUT2D eigenvalue weighted by Crippen LogP contribution is -2.35. The molecule has 0 spiro atoms. The molecular weight excluding hydrogens is 467 g/mol. The highest BCUT2D eigenvalue weighted by molar-refractivity contribution is 14.2. The fourth-order valence-corrected chi connectivity index (χ4v) is 8.92. The third-order valence-electron chi connectivity index (χ3n) is 4.95. The van der Waals surface area contributed by atoms with Gasteiger partial charge in [0.15, 0.2) is 0 Å². The Morgan fingerprint density at radius 3 is 3.00 bits per heavy atom. The van der Waals surface area contributed by atoms with Gasteiger partial charge in [-0.2, -0.15) is 0 Å². The zero-order valence-electron chi connectivity index (χ0n) is 15.5. The number of alkyl halides is 1. The molecule has 0 fully saturated rings. The van der Waals surface area contributed by atoms with Gasteiger partial charge in [0.25, 0.3) is 0 Å². The van der Waals surface area contributed by atoms with Crippen molar-refractivity contribution >= 4 is 38.7 Å². The smallest absolute Gasteiger partial charge is 0.236 e. The fraction of sp³-hybridized carbons (Fsp3) is 0.300. The second-order valence-electron chi connectivity index (χ2n) is 7.38. The molecule has 0 saturated carbocycles. The van der Waals surface area contributed by atoms with Crippen LogP contribution in [0.4, 0.5) is 0 Å². The Morgan fingerprint density at radius 1 is 1.29 bits per heavy atom. The lowest BCUT2D eigenvalue weighted by molar-refractivity contribution is 0.339. The molecule has 4 bridgehead atoms. The first-order valence-electron chi connectivity index (χ1n) is 9.17. The zero-order chi connectivity index (χ0) is 19.1. The highest BCUT2D eigenvalue weighted by Gasteiger charge is 2.32. The summed E-state index contributed by atoms with van der Waals surface area (Å²) in [5.41, 5.74) is 8.04. The molecule has 144 valence electrons. The summed E-state index contributed by atoms with van der Waals surface area (Å²) in [6.07, 6.45) is 5.95. The standard InChI is InChI=1S/C20H21IN6O/c1-20(22,9-13-5-3-2-4-6-13)19-27-26-17(28-19)7-14-10-21-15-8-16(21)24-12-25-18(15)23-11-14/h2-6,10-12,15H,7-9,22H2,1H3,(H,23,24,25)/t15?,20-/m1/s1. The Morgan fingerprint density at radius 2 is 2.14 bits per heavy atom. The van der Waals surface area contributed by atoms with Crippen LogP contribution >= 0.6 is 18.9 Å². The van der Waals surface area contributed by atoms with Gasteiger partial charge in [0.1, 0.15) is 5.84 Å². The maximum absolute atomic E-state index is 6.49. The zero-order valence-corrected chi connectivity index (χ0v) is 17.6. The van der Waals surface area contributed by atoms with E-state index in [4.69, 9.17) is 10.2 Å². The van der Waals surface area contributed by atoms with Crippen LogP contribution in [0.3, 0.4) is 0 Å². The molecular formula is C20H21IN6O. The summed E-state index contributed by atoms with van der Waals surface area (Å²) in [4.78, 5) is 9.05. The van der Waals surface area contributed by atoms with E-state index < -0.39 is 24.4 Å². The number of rotatable bonds is 5. The predicted octanol–water partition coefficient (Wildman–Crippen LogP) is 2.17. The van der Waals surface area contributed by atoms with Crippen molar-refractivity contribution in [1.29, 1.82) is 0 Å². The highest BCUT2D eigenvalue weighted by atomic mass is 127. The average Bonchev–Trinajstić information content (AvgIpc) is 2.89. The molecule has 2 aromatic rings. The highest BCUT2D eigenvalue weighted by Crippen LogP contribution is 2.39. The Bertz CT molecular complexity index is 1100. The van der Waals surface area contributed by atoms with Crippen molar-refractivity contribution in [2.75, 3.05) is 0 Å². The van der Waals surface area contributed by atoms with E-state index in [9.17, 15) is 0 Å². The van der Waals surface area contributed by atoms with E-state index >= 15 is 0 Å². The first kappa shape index (κ1) is 17.7. The molecule has 6 rings (SSSR count). The number of aliphatic imine (C=N–C) groups is 2. The van der Waals surface area contributed by atoms with Gasteiger partial charge in [-0.25, -0.2) is 9.98 Å². The number of nitrogens with two attached hydrogens (primary N) is 1. The lowest BCUT2D eigenvalue weighted by atomic mass is 9.94. The van der Waals surface area contributed by atoms with Gasteiger partial charge in [0.2, 0.25) is 11.8 Å². The lowest BCUT2D eigenvalue weighted by Gasteiger charge is -2.24. The molecule has 2 atom stereocenters. The largest absolute Gasteiger partial charge is 0.423 e. The molecule has 1 aromatic carbocycles. The maximum Gasteiger partial charge on any atom is 0.236 e. The predicted molar refractivity (Wildman–Crippen MR) is 120 cm³/mol. The van der Waals surface area contributed by atoms with Gasteiger partial charge >= 0.3 is 0 Å². The third-order valence-corrected chi connectivity index (χ3v) is 11.3. The fourth-order valence-electron chi connectivity index (χ4n) is 3.46. The Kier molecular flexibility index (Phi) is 4.39. The molecule has 0 aliphatic carbocycles. The van der Waals surface area contributed by atoms with Crippen LogP contribution in [0.2, 0.25) is 0 Å². The van der Waals surface area contributed by atoms with E-state index in [1.54, 1.807) is 6.34 Å². The van der Waals surface area contributed by atoms with Crippen LogP contribution in [0.1, 0.15) is 30.7 Å². The van der Waals surface area contributed by atoms with Gasteiger partial charge in [-0.05, 0) is 28.5 Å². The first-order valence-corrected chi connectivity index (χ1v) is 12.7. The van der Waals surface area contributed by atoms with Crippen LogP contribution in [-0.2, 0) is 18.4 Å². The van der Waals surface area contributed by atoms with Gasteiger partial charge in [0.05, 0.1) is 22.2 Å². The minimum absolute atomic E-state index is 0.463. The topological polar surface area (TPSA) is 102 Å². The summed E-state index contributed by atoms with van der Waals surface area (Å²) < 4.78 is 10.3. The Balaban J connectivity index is 1.37. The molecule has 8 heteroatoms. The number of hydrogen-bond donors (Lipinski definition) is 2. The van der Waals surface area contributed by atoms with Crippen LogP contribution in [0.25, 0.3) is 0 Å². The first-order chi connectivity index (χ1) is 13.6. The Hall–Kier alpha value is -2.33. The number of nitrogens with zero attached hydrogens (tertiary/aromatic N) is 4. The number of hydrogen-bond acceptors (Lipinski definition) is 7. The normalized spacial score (nSPS) is 22.6. The van der Waals surface area contributed by atoms with Crippen LogP contribution in [-0.4, -0.2) is 33.9 Å². The number of allylic oxidation sites excluding steroid dienone is 1. The minimum Gasteiger partial charge on any atom is -0.423 e. The van der Waals surface area contributed by atoms with Crippen LogP contribution in [0.15, 0.2) is 56.5 Å². The molecule has 5 heterocycles. The SMILES string of the molecule is C[C@@](N)(Cc1ccccc1)c1nnc(CC2=CN=C3N=CNC4=I(=C2)C3C4)o1. The van der Waals surface area contributed by atoms with E-state index in [0.29, 0.717) is 28.5 Å². The monoisotopic (exact) mass is 488 g/mol. The molecule has 4 aliphatic rings. The maximum atomic E-state index is 6.49. The second-order valence-corrected chi connectivity index (χ2v) is 12.8. The summed E-state index contributed by atoms with van der Waals surface area (Å²) in [7, 11) is 0. The van der Waals surface area contributed by atoms with Crippen molar-refractivity contribution in [2.24, 2.45) is 15.7 Å². The summed E-state index contributed by atoms with van der Waals surface area (Å²) >= 11 is -1.39. The molecule has 3 N–H and O–H groups in total. The number of fused-ring (bicyclic) bond motifs is 1. The van der Waals surface area contributed by atoms with Gasteiger partial charge in [-0.15, -0.1) is 29.1 Å². The van der Waals surface area contributed by atoms with Crippen molar-refractivity contribution in [1.82, 2.24) is 15.5 Å². The summed E-state index contributed by atoms with van der Waals surface area (Å²) in [6, 6.07) is 10.1. The third kappa shape index (κ3) is 3.30. The van der Waals surface area contributed by atoms with Gasteiger partial charge < -0.3 is 15.5 Å². The number of aromatic nitrogens is 2. The molecule has 28 heavy (non-hydrogen) atoms. The second kappa shape index (κ2) is 6.93. The van der Waals surface area contributed by atoms with E-state index in [0.717, 1.165) is 23.4 Å². The number of benzene rings is 1. The van der Waals surface area contributed by atoms with Gasteiger partial charge in [0, 0.05) is 16.3 Å². The van der Waals surface area contributed by atoms with E-state index in [1.807, 2.05) is 31.3 Å². The molecule has 1 aromatic heterocycles. The summed E-state index contributed by atoms with van der Waals surface area (Å²) in [5, 5.41) is 11.8. The van der Waals surface area contributed by atoms with Crippen molar-refractivity contribution in [3.63, 3.8) is 0 Å². The van der Waals surface area contributed by atoms with Crippen molar-refractivity contribution in [3.8, 4) is 0 Å². The van der Waals surface area contributed by atoms with Crippen LogP contribution < -0.4 is 11.1 Å². The van der Waals surface area contributed by atoms with E-state index in [1.165, 1.54) is 3.63 Å². The molecule has 7 nitrogen and oxygen atoms in total. The molecule has 1 unspecified atom stereocenters. The minimum atomic E-state index is -1.39. The molecule has 0 amide bonds. The number of amidine groups is 1. The van der Waals surface area contributed by atoms with Crippen molar-refractivity contribution in [2.45, 2.75) is 35.6 Å². The van der Waals surface area contributed by atoms with Gasteiger partial charge in [-0.3, -0.25) is 0 Å². The quantitative estimate of drug-likeness (QED) is 0.497. The van der Waals surface area contributed by atoms with Gasteiger partial charge in [-0.1, -0.05) is 30.3 Å². The number of halogens is 1. The summed E-state index contributed by atoms with van der Waals surface area (Å²) in [5.74, 6) is 1.99. The van der Waals surface area contributed by atoms with E-state index in [-0.39, 0.29) is 0 Å². The average molecular weight is 488 g/mol. The Labute approximate surface area is 169 Å². The van der Waals surface area contributed by atoms with E-state index in [2.05, 4.69) is 41.6 Å². The van der Waals surface area contributed by atoms with Crippen LogP contribution in [0.5, 0.6) is 0 Å².